The average molecular weight is 287 g/mol. The van der Waals surface area contributed by atoms with E-state index in [-0.39, 0.29) is 29.1 Å². The highest BCUT2D eigenvalue weighted by Crippen LogP contribution is 2.25. The van der Waals surface area contributed by atoms with E-state index in [9.17, 15) is 9.90 Å². The van der Waals surface area contributed by atoms with Crippen LogP contribution in [0, 0.1) is 24.2 Å². The first-order valence-electron chi connectivity index (χ1n) is 6.93. The molecule has 0 aliphatic rings. The van der Waals surface area contributed by atoms with Crippen LogP contribution >= 0.6 is 0 Å². The van der Waals surface area contributed by atoms with Crippen molar-refractivity contribution in [2.75, 3.05) is 0 Å². The van der Waals surface area contributed by atoms with Gasteiger partial charge in [0.15, 0.2) is 5.78 Å². The fourth-order valence-corrected chi connectivity index (χ4v) is 1.90. The zero-order valence-corrected chi connectivity index (χ0v) is 13.1. The van der Waals surface area contributed by atoms with Gasteiger partial charge >= 0.3 is 0 Å². The summed E-state index contributed by atoms with van der Waals surface area (Å²) >= 11 is 0. The largest absolute Gasteiger partial charge is 0.506 e. The van der Waals surface area contributed by atoms with Crippen molar-refractivity contribution in [3.8, 4) is 11.8 Å². The van der Waals surface area contributed by atoms with Crippen LogP contribution in [0.1, 0.15) is 38.8 Å². The average Bonchev–Trinajstić information content (AvgIpc) is 2.38. The Hall–Kier alpha value is -2.28. The molecule has 4 heteroatoms. The molecular formula is C17H21NO3. The molecule has 0 bridgehead atoms. The van der Waals surface area contributed by atoms with Gasteiger partial charge in [-0.1, -0.05) is 13.8 Å². The van der Waals surface area contributed by atoms with Crippen LogP contribution in [0.25, 0.3) is 5.76 Å². The summed E-state index contributed by atoms with van der Waals surface area (Å²) in [7, 11) is 0. The molecule has 0 fully saturated rings. The molecule has 0 radical (unpaired) electrons. The predicted octanol–water partition coefficient (Wildman–Crippen LogP) is 3.80. The number of Topliss-reactive ketones (excluding diaryl/α,β-unsaturated/α-hetero) is 1. The summed E-state index contributed by atoms with van der Waals surface area (Å²) in [5.41, 5.74) is 1.01. The summed E-state index contributed by atoms with van der Waals surface area (Å²) in [4.78, 5) is 11.9. The van der Waals surface area contributed by atoms with Gasteiger partial charge in [-0.3, -0.25) is 4.79 Å². The van der Waals surface area contributed by atoms with Crippen molar-refractivity contribution in [2.45, 2.75) is 40.7 Å². The molecule has 1 aromatic rings. The molecule has 0 aromatic heterocycles. The number of aliphatic hydroxyl groups excluding tert-OH is 1. The number of ether oxygens (including phenoxy) is 1. The zero-order chi connectivity index (χ0) is 16.2. The SMILES string of the molecule is Cc1cc(OC(C)C)ccc1C(O)=C(C#N)C(=O)C(C)C. The molecule has 0 spiro atoms. The fourth-order valence-electron chi connectivity index (χ4n) is 1.90. The number of carbonyl (C=O) groups excluding carboxylic acids is 1. The van der Waals surface area contributed by atoms with E-state index in [1.807, 2.05) is 13.8 Å². The molecule has 0 atom stereocenters. The molecule has 0 saturated carbocycles. The van der Waals surface area contributed by atoms with Gasteiger partial charge < -0.3 is 9.84 Å². The van der Waals surface area contributed by atoms with E-state index in [1.54, 1.807) is 45.0 Å². The summed E-state index contributed by atoms with van der Waals surface area (Å²) in [6, 6.07) is 6.96. The van der Waals surface area contributed by atoms with Crippen molar-refractivity contribution in [1.82, 2.24) is 0 Å². The number of aliphatic hydroxyl groups is 1. The Bertz CT molecular complexity index is 607. The Labute approximate surface area is 125 Å². The lowest BCUT2D eigenvalue weighted by Gasteiger charge is -2.13. The second-order valence-corrected chi connectivity index (χ2v) is 5.50. The van der Waals surface area contributed by atoms with Crippen molar-refractivity contribution < 1.29 is 14.6 Å². The lowest BCUT2D eigenvalue weighted by molar-refractivity contribution is -0.117. The van der Waals surface area contributed by atoms with E-state index in [0.717, 1.165) is 5.56 Å². The van der Waals surface area contributed by atoms with Gasteiger partial charge in [0.2, 0.25) is 0 Å². The Kier molecular flexibility index (Phi) is 5.54. The second-order valence-electron chi connectivity index (χ2n) is 5.50. The molecule has 21 heavy (non-hydrogen) atoms. The molecule has 0 saturated heterocycles. The van der Waals surface area contributed by atoms with E-state index in [0.29, 0.717) is 11.3 Å². The maximum absolute atomic E-state index is 11.9. The third kappa shape index (κ3) is 4.09. The highest BCUT2D eigenvalue weighted by molar-refractivity contribution is 6.06. The monoisotopic (exact) mass is 287 g/mol. The summed E-state index contributed by atoms with van der Waals surface area (Å²) in [5, 5.41) is 19.4. The molecule has 1 N–H and O–H groups in total. The molecule has 4 nitrogen and oxygen atoms in total. The molecular weight excluding hydrogens is 266 g/mol. The number of carbonyl (C=O) groups is 1. The third-order valence-electron chi connectivity index (χ3n) is 2.94. The molecule has 1 rings (SSSR count). The lowest BCUT2D eigenvalue weighted by atomic mass is 9.96. The third-order valence-corrected chi connectivity index (χ3v) is 2.94. The molecule has 0 aliphatic carbocycles. The van der Waals surface area contributed by atoms with E-state index in [1.165, 1.54) is 0 Å². The normalized spacial score (nSPS) is 12.1. The quantitative estimate of drug-likeness (QED) is 0.508. The van der Waals surface area contributed by atoms with E-state index >= 15 is 0 Å². The van der Waals surface area contributed by atoms with Crippen molar-refractivity contribution in [3.63, 3.8) is 0 Å². The number of benzene rings is 1. The Morgan fingerprint density at radius 1 is 1.29 bits per heavy atom. The molecule has 0 aliphatic heterocycles. The van der Waals surface area contributed by atoms with Crippen molar-refractivity contribution in [3.05, 3.63) is 34.9 Å². The van der Waals surface area contributed by atoms with Gasteiger partial charge in [0.25, 0.3) is 0 Å². The Morgan fingerprint density at radius 2 is 1.90 bits per heavy atom. The Balaban J connectivity index is 3.26. The van der Waals surface area contributed by atoms with Gasteiger partial charge in [-0.25, -0.2) is 0 Å². The summed E-state index contributed by atoms with van der Waals surface area (Å²) < 4.78 is 5.57. The smallest absolute Gasteiger partial charge is 0.179 e. The van der Waals surface area contributed by atoms with Crippen LogP contribution in [0.15, 0.2) is 23.8 Å². The number of nitriles is 1. The molecule has 112 valence electrons. The van der Waals surface area contributed by atoms with Crippen LogP contribution in [0.5, 0.6) is 5.75 Å². The number of rotatable bonds is 5. The first-order chi connectivity index (χ1) is 9.77. The van der Waals surface area contributed by atoms with E-state index < -0.39 is 0 Å². The molecule has 0 heterocycles. The highest BCUT2D eigenvalue weighted by atomic mass is 16.5. The zero-order valence-electron chi connectivity index (χ0n) is 13.1. The Morgan fingerprint density at radius 3 is 2.33 bits per heavy atom. The minimum Gasteiger partial charge on any atom is -0.506 e. The first kappa shape index (κ1) is 16.8. The maximum atomic E-state index is 11.9. The number of aryl methyl sites for hydroxylation is 1. The predicted molar refractivity (Wildman–Crippen MR) is 81.9 cm³/mol. The van der Waals surface area contributed by atoms with Crippen LogP contribution in [0.4, 0.5) is 0 Å². The van der Waals surface area contributed by atoms with Crippen LogP contribution in [0.3, 0.4) is 0 Å². The first-order valence-corrected chi connectivity index (χ1v) is 6.93. The fraction of sp³-hybridized carbons (Fsp3) is 0.412. The summed E-state index contributed by atoms with van der Waals surface area (Å²) in [6.45, 7) is 9.04. The van der Waals surface area contributed by atoms with Gasteiger partial charge in [-0.05, 0) is 44.5 Å². The lowest BCUT2D eigenvalue weighted by Crippen LogP contribution is -2.11. The topological polar surface area (TPSA) is 70.3 Å². The molecule has 0 amide bonds. The minimum atomic E-state index is -0.364. The van der Waals surface area contributed by atoms with Crippen LogP contribution in [-0.4, -0.2) is 17.0 Å². The number of ketones is 1. The summed E-state index contributed by atoms with van der Waals surface area (Å²) in [5.74, 6) is -0.292. The second kappa shape index (κ2) is 6.94. The van der Waals surface area contributed by atoms with Gasteiger partial charge in [0.1, 0.15) is 23.2 Å². The van der Waals surface area contributed by atoms with Crippen LogP contribution in [0.2, 0.25) is 0 Å². The van der Waals surface area contributed by atoms with Gasteiger partial charge in [-0.15, -0.1) is 0 Å². The number of nitrogens with zero attached hydrogens (tertiary/aromatic N) is 1. The van der Waals surface area contributed by atoms with E-state index in [2.05, 4.69) is 0 Å². The molecule has 1 aromatic carbocycles. The van der Waals surface area contributed by atoms with Crippen molar-refractivity contribution in [2.24, 2.45) is 5.92 Å². The van der Waals surface area contributed by atoms with Gasteiger partial charge in [0, 0.05) is 11.5 Å². The van der Waals surface area contributed by atoms with Gasteiger partial charge in [-0.2, -0.15) is 5.26 Å². The number of hydrogen-bond acceptors (Lipinski definition) is 4. The van der Waals surface area contributed by atoms with Crippen molar-refractivity contribution >= 4 is 11.5 Å². The molecule has 0 unspecified atom stereocenters. The van der Waals surface area contributed by atoms with Gasteiger partial charge in [0.05, 0.1) is 6.10 Å². The number of hydrogen-bond donors (Lipinski definition) is 1. The van der Waals surface area contributed by atoms with E-state index in [4.69, 9.17) is 10.00 Å². The minimum absolute atomic E-state index is 0.0524. The van der Waals surface area contributed by atoms with Crippen molar-refractivity contribution in [1.29, 1.82) is 5.26 Å². The summed E-state index contributed by atoms with van der Waals surface area (Å²) in [6.07, 6.45) is 0.0524. The maximum Gasteiger partial charge on any atom is 0.179 e. The number of allylic oxidation sites excluding steroid dienone is 1. The van der Waals surface area contributed by atoms with Crippen LogP contribution < -0.4 is 4.74 Å². The standard InChI is InChI=1S/C17H21NO3/c1-10(2)16(19)15(9-18)17(20)14-7-6-13(8-12(14)5)21-11(3)4/h6-8,10-11,20H,1-5H3. The van der Waals surface area contributed by atoms with Crippen LogP contribution in [-0.2, 0) is 4.79 Å². The highest BCUT2D eigenvalue weighted by Gasteiger charge is 2.20.